The van der Waals surface area contributed by atoms with Crippen LogP contribution in [-0.4, -0.2) is 41.7 Å². The van der Waals surface area contributed by atoms with E-state index in [1.807, 2.05) is 24.3 Å². The van der Waals surface area contributed by atoms with Gasteiger partial charge >= 0.3 is 0 Å². The minimum absolute atomic E-state index is 0.0844. The molecule has 0 unspecified atom stereocenters. The number of aliphatic imine (C=N–C) groups is 1. The lowest BCUT2D eigenvalue weighted by Gasteiger charge is -2.51. The van der Waals surface area contributed by atoms with Gasteiger partial charge in [-0.1, -0.05) is 67.9 Å². The van der Waals surface area contributed by atoms with Crippen LogP contribution in [0.25, 0.3) is 0 Å². The van der Waals surface area contributed by atoms with Gasteiger partial charge in [0.25, 0.3) is 0 Å². The first-order valence-electron chi connectivity index (χ1n) is 11.8. The molecule has 1 amide bonds. The van der Waals surface area contributed by atoms with Crippen LogP contribution in [0, 0.1) is 23.7 Å². The molecule has 4 aliphatic rings. The Labute approximate surface area is 196 Å². The summed E-state index contributed by atoms with van der Waals surface area (Å²) in [6, 6.07) is 18.6. The molecule has 2 aromatic rings. The van der Waals surface area contributed by atoms with Crippen LogP contribution in [0.1, 0.15) is 31.4 Å². The summed E-state index contributed by atoms with van der Waals surface area (Å²) in [5.41, 5.74) is 1.73. The third kappa shape index (κ3) is 3.78. The lowest BCUT2D eigenvalue weighted by Crippen LogP contribution is -2.66. The van der Waals surface area contributed by atoms with Crippen molar-refractivity contribution in [3.8, 4) is 0 Å². The number of nitrogens with zero attached hydrogens (tertiary/aromatic N) is 2. The smallest absolute Gasteiger partial charge is 0.250 e. The van der Waals surface area contributed by atoms with Crippen LogP contribution in [0.2, 0.25) is 5.02 Å². The first kappa shape index (κ1) is 21.7. The zero-order chi connectivity index (χ0) is 22.3. The molecule has 4 nitrogen and oxygen atoms in total. The second kappa shape index (κ2) is 8.64. The summed E-state index contributed by atoms with van der Waals surface area (Å²) >= 11 is 6.02. The van der Waals surface area contributed by atoms with Gasteiger partial charge in [-0.05, 0) is 53.9 Å². The predicted molar refractivity (Wildman–Crippen MR) is 130 cm³/mol. The zero-order valence-electron chi connectivity index (χ0n) is 18.9. The van der Waals surface area contributed by atoms with Gasteiger partial charge < -0.3 is 5.32 Å². The summed E-state index contributed by atoms with van der Waals surface area (Å²) in [5.74, 6) is 1.80. The van der Waals surface area contributed by atoms with E-state index >= 15 is 0 Å². The third-order valence-electron chi connectivity index (χ3n) is 7.56. The topological polar surface area (TPSA) is 44.7 Å². The van der Waals surface area contributed by atoms with E-state index in [1.165, 1.54) is 5.56 Å². The molecule has 5 atom stereocenters. The highest BCUT2D eigenvalue weighted by atomic mass is 35.5. The van der Waals surface area contributed by atoms with Crippen molar-refractivity contribution in [3.63, 3.8) is 0 Å². The number of benzene rings is 2. The summed E-state index contributed by atoms with van der Waals surface area (Å²) < 4.78 is 0. The minimum atomic E-state index is -0.671. The van der Waals surface area contributed by atoms with Gasteiger partial charge in [0, 0.05) is 42.8 Å². The number of amides is 1. The van der Waals surface area contributed by atoms with E-state index in [1.54, 1.807) is 0 Å². The van der Waals surface area contributed by atoms with Gasteiger partial charge in [-0.15, -0.1) is 0 Å². The van der Waals surface area contributed by atoms with E-state index in [9.17, 15) is 4.79 Å². The predicted octanol–water partition coefficient (Wildman–Crippen LogP) is 4.61. The number of hydrogen-bond acceptors (Lipinski definition) is 3. The van der Waals surface area contributed by atoms with E-state index in [4.69, 9.17) is 16.6 Å². The number of carbonyl (C=O) groups excluding carboxylic acids is 1. The fraction of sp³-hybridized carbons (Fsp3) is 0.481. The van der Waals surface area contributed by atoms with Gasteiger partial charge in [0.05, 0.1) is 0 Å². The number of rotatable bonds is 7. The fourth-order valence-corrected chi connectivity index (χ4v) is 6.45. The van der Waals surface area contributed by atoms with Crippen LogP contribution in [0.5, 0.6) is 0 Å². The fourth-order valence-electron chi connectivity index (χ4n) is 6.33. The zero-order valence-corrected chi connectivity index (χ0v) is 19.6. The molecule has 32 heavy (non-hydrogen) atoms. The lowest BCUT2D eigenvalue weighted by molar-refractivity contribution is -0.132. The highest BCUT2D eigenvalue weighted by molar-refractivity contribution is 6.30. The van der Waals surface area contributed by atoms with Crippen molar-refractivity contribution in [2.75, 3.05) is 13.1 Å². The van der Waals surface area contributed by atoms with Crippen molar-refractivity contribution in [1.29, 1.82) is 0 Å². The third-order valence-corrected chi connectivity index (χ3v) is 7.81. The normalized spacial score (nSPS) is 30.8. The molecule has 0 radical (unpaired) electrons. The minimum Gasteiger partial charge on any atom is -0.350 e. The van der Waals surface area contributed by atoms with Crippen LogP contribution in [0.15, 0.2) is 59.6 Å². The lowest BCUT2D eigenvalue weighted by atomic mass is 9.59. The quantitative estimate of drug-likeness (QED) is 0.670. The molecule has 4 bridgehead atoms. The molecule has 1 N–H and O–H groups in total. The Balaban J connectivity index is 1.44. The Morgan fingerprint density at radius 3 is 2.62 bits per heavy atom. The maximum absolute atomic E-state index is 13.8. The second-order valence-electron chi connectivity index (χ2n) is 10.2. The van der Waals surface area contributed by atoms with Crippen LogP contribution in [0.4, 0.5) is 0 Å². The number of likely N-dealkylation sites (tertiary alicyclic amines) is 1. The summed E-state index contributed by atoms with van der Waals surface area (Å²) in [6.07, 6.45) is 4.16. The molecule has 0 aromatic heterocycles. The molecule has 1 saturated carbocycles. The van der Waals surface area contributed by atoms with Gasteiger partial charge in [0.2, 0.25) is 5.91 Å². The van der Waals surface area contributed by atoms with Crippen LogP contribution >= 0.6 is 11.6 Å². The second-order valence-corrected chi connectivity index (χ2v) is 10.6. The molecular formula is C27H32ClN3O. The Morgan fingerprint density at radius 1 is 1.16 bits per heavy atom. The molecular weight excluding hydrogens is 418 g/mol. The van der Waals surface area contributed by atoms with E-state index in [2.05, 4.69) is 60.6 Å². The first-order chi connectivity index (χ1) is 15.5. The van der Waals surface area contributed by atoms with Crippen molar-refractivity contribution in [2.24, 2.45) is 28.7 Å². The summed E-state index contributed by atoms with van der Waals surface area (Å²) in [6.45, 7) is 7.02. The molecule has 3 heterocycles. The molecule has 3 aliphatic heterocycles. The number of nitrogens with one attached hydrogen (secondary N) is 1. The molecule has 0 spiro atoms. The van der Waals surface area contributed by atoms with Gasteiger partial charge in [0.15, 0.2) is 5.54 Å². The first-order valence-corrected chi connectivity index (χ1v) is 12.2. The van der Waals surface area contributed by atoms with Crippen molar-refractivity contribution in [1.82, 2.24) is 10.2 Å². The van der Waals surface area contributed by atoms with Crippen molar-refractivity contribution in [2.45, 2.75) is 44.8 Å². The number of halogens is 1. The van der Waals surface area contributed by atoms with Gasteiger partial charge in [0.1, 0.15) is 0 Å². The molecule has 2 fully saturated rings. The molecule has 5 heteroatoms. The maximum atomic E-state index is 13.8. The maximum Gasteiger partial charge on any atom is 0.250 e. The molecule has 168 valence electrons. The number of carbonyl (C=O) groups is 1. The molecule has 2 aromatic carbocycles. The highest BCUT2D eigenvalue weighted by Crippen LogP contribution is 2.54. The van der Waals surface area contributed by atoms with Crippen LogP contribution < -0.4 is 5.32 Å². The summed E-state index contributed by atoms with van der Waals surface area (Å²) in [4.78, 5) is 21.4. The van der Waals surface area contributed by atoms with E-state index < -0.39 is 5.54 Å². The summed E-state index contributed by atoms with van der Waals surface area (Å²) in [7, 11) is 0. The largest absolute Gasteiger partial charge is 0.350 e. The average Bonchev–Trinajstić information content (AvgIpc) is 3.04. The summed E-state index contributed by atoms with van der Waals surface area (Å²) in [5, 5.41) is 3.95. The molecule has 1 saturated heterocycles. The van der Waals surface area contributed by atoms with E-state index in [0.717, 1.165) is 31.5 Å². The van der Waals surface area contributed by atoms with E-state index in [0.29, 0.717) is 35.2 Å². The van der Waals surface area contributed by atoms with Crippen LogP contribution in [0.3, 0.4) is 0 Å². The van der Waals surface area contributed by atoms with Gasteiger partial charge in [-0.3, -0.25) is 14.7 Å². The van der Waals surface area contributed by atoms with Crippen molar-refractivity contribution in [3.05, 3.63) is 70.7 Å². The van der Waals surface area contributed by atoms with Gasteiger partial charge in [-0.2, -0.15) is 0 Å². The van der Waals surface area contributed by atoms with Crippen molar-refractivity contribution >= 4 is 23.7 Å². The van der Waals surface area contributed by atoms with Crippen LogP contribution in [-0.2, 0) is 17.8 Å². The average molecular weight is 450 g/mol. The Kier molecular flexibility index (Phi) is 5.85. The Hall–Kier alpha value is -2.17. The Morgan fingerprint density at radius 2 is 1.91 bits per heavy atom. The van der Waals surface area contributed by atoms with Crippen molar-refractivity contribution < 1.29 is 4.79 Å². The highest BCUT2D eigenvalue weighted by Gasteiger charge is 2.67. The number of hydrogen-bond donors (Lipinski definition) is 1. The Bertz CT molecular complexity index is 990. The molecule has 6 rings (SSSR count). The van der Waals surface area contributed by atoms with E-state index in [-0.39, 0.29) is 11.9 Å². The SMILES string of the molecule is CC(C)CN1C[C@@H]2C[C@H]3C=N[C@]2(C(=O)NCc2ccc(Cl)cc2)[C@@H]1[C@@H]3Cc1ccccc1. The monoisotopic (exact) mass is 449 g/mol. The van der Waals surface area contributed by atoms with Gasteiger partial charge in [-0.25, -0.2) is 0 Å². The standard InChI is InChI=1S/C27H32ClN3O/c1-18(2)16-31-17-22-13-21-15-30-27(22,25(31)24(21)12-19-6-4-3-5-7-19)26(32)29-14-20-8-10-23(28)11-9-20/h3-11,15,18,21-22,24-25H,12-14,16-17H2,1-2H3,(H,29,32)/t21-,22-,24+,25-,27-/m0/s1. The molecule has 1 aliphatic carbocycles.